The first-order valence-corrected chi connectivity index (χ1v) is 8.57. The highest BCUT2D eigenvalue weighted by Crippen LogP contribution is 2.33. The molecule has 1 aromatic heterocycles. The van der Waals surface area contributed by atoms with Crippen molar-refractivity contribution in [1.29, 1.82) is 0 Å². The Kier molecular flexibility index (Phi) is 5.83. The van der Waals surface area contributed by atoms with Crippen molar-refractivity contribution in [1.82, 2.24) is 9.97 Å². The van der Waals surface area contributed by atoms with E-state index in [2.05, 4.69) is 20.6 Å². The van der Waals surface area contributed by atoms with Crippen LogP contribution in [0.1, 0.15) is 5.56 Å². The van der Waals surface area contributed by atoms with Crippen molar-refractivity contribution in [3.05, 3.63) is 59.4 Å². The lowest BCUT2D eigenvalue weighted by Crippen LogP contribution is -2.08. The Hall–Kier alpha value is -3.19. The van der Waals surface area contributed by atoms with Gasteiger partial charge in [-0.3, -0.25) is 0 Å². The highest BCUT2D eigenvalue weighted by Gasteiger charge is 2.12. The van der Waals surface area contributed by atoms with Crippen LogP contribution >= 0.6 is 11.6 Å². The third-order valence-corrected chi connectivity index (χ3v) is 4.32. The molecule has 0 saturated carbocycles. The topological polar surface area (TPSA) is 94.3 Å². The molecule has 1 heterocycles. The molecule has 8 heteroatoms. The van der Waals surface area contributed by atoms with Crippen molar-refractivity contribution in [2.75, 3.05) is 30.6 Å². The van der Waals surface area contributed by atoms with Crippen LogP contribution in [0, 0.1) is 0 Å². The predicted molar refractivity (Wildman–Crippen MR) is 108 cm³/mol. The third kappa shape index (κ3) is 4.32. The fraction of sp³-hybridized carbons (Fsp3) is 0.158. The molecular formula is C19H20ClN5O2. The van der Waals surface area contributed by atoms with Crippen molar-refractivity contribution >= 4 is 34.6 Å². The molecule has 0 amide bonds. The summed E-state index contributed by atoms with van der Waals surface area (Å²) in [6.45, 7) is 0.492. The lowest BCUT2D eigenvalue weighted by atomic mass is 10.2. The number of methoxy groups -OCH3 is 2. The second kappa shape index (κ2) is 8.46. The minimum Gasteiger partial charge on any atom is -0.497 e. The first-order chi connectivity index (χ1) is 13.1. The third-order valence-electron chi connectivity index (χ3n) is 3.95. The van der Waals surface area contributed by atoms with E-state index in [-0.39, 0.29) is 0 Å². The molecule has 0 unspecified atom stereocenters. The van der Waals surface area contributed by atoms with Gasteiger partial charge in [-0.25, -0.2) is 9.97 Å². The number of hydrogen-bond acceptors (Lipinski definition) is 7. The summed E-state index contributed by atoms with van der Waals surface area (Å²) in [6.07, 6.45) is 1.43. The second-order valence-electron chi connectivity index (χ2n) is 5.62. The summed E-state index contributed by atoms with van der Waals surface area (Å²) >= 11 is 6.19. The molecule has 27 heavy (non-hydrogen) atoms. The van der Waals surface area contributed by atoms with E-state index in [0.29, 0.717) is 46.1 Å². The average Bonchev–Trinajstić information content (AvgIpc) is 2.70. The van der Waals surface area contributed by atoms with Crippen LogP contribution in [0.2, 0.25) is 5.02 Å². The number of rotatable bonds is 7. The van der Waals surface area contributed by atoms with Gasteiger partial charge in [-0.05, 0) is 23.8 Å². The number of nitrogens with one attached hydrogen (secondary N) is 2. The zero-order valence-corrected chi connectivity index (χ0v) is 15.7. The molecule has 140 valence electrons. The van der Waals surface area contributed by atoms with Gasteiger partial charge in [-0.15, -0.1) is 0 Å². The summed E-state index contributed by atoms with van der Waals surface area (Å²) in [4.78, 5) is 8.44. The van der Waals surface area contributed by atoms with Gasteiger partial charge in [0.05, 0.1) is 19.9 Å². The maximum Gasteiger partial charge on any atom is 0.159 e. The predicted octanol–water partition coefficient (Wildman–Crippen LogP) is 4.09. The van der Waals surface area contributed by atoms with E-state index in [0.717, 1.165) is 5.56 Å². The number of ether oxygens (including phenoxy) is 2. The minimum absolute atomic E-state index is 0.391. The molecule has 7 nitrogen and oxygen atoms in total. The van der Waals surface area contributed by atoms with Crippen LogP contribution in [-0.4, -0.2) is 24.2 Å². The number of aromatic nitrogens is 2. The van der Waals surface area contributed by atoms with E-state index in [1.54, 1.807) is 20.3 Å². The van der Waals surface area contributed by atoms with Crippen molar-refractivity contribution in [3.63, 3.8) is 0 Å². The molecule has 2 aromatic carbocycles. The smallest absolute Gasteiger partial charge is 0.159 e. The van der Waals surface area contributed by atoms with Crippen LogP contribution in [-0.2, 0) is 6.54 Å². The average molecular weight is 386 g/mol. The Morgan fingerprint density at radius 3 is 2.56 bits per heavy atom. The monoisotopic (exact) mass is 385 g/mol. The molecule has 0 aliphatic heterocycles. The standard InChI is InChI=1S/C19H20ClN5O2/c1-26-13-7-8-15(16(9-13)27-2)25-19-17(21)18(23-11-24-19)22-10-12-5-3-4-6-14(12)20/h3-9,11H,10,21H2,1-2H3,(H2,22,23,24,25). The van der Waals surface area contributed by atoms with E-state index in [1.807, 2.05) is 36.4 Å². The number of nitrogens with two attached hydrogens (primary N) is 1. The van der Waals surface area contributed by atoms with Gasteiger partial charge >= 0.3 is 0 Å². The van der Waals surface area contributed by atoms with Crippen LogP contribution in [0.25, 0.3) is 0 Å². The molecule has 0 bridgehead atoms. The summed E-state index contributed by atoms with van der Waals surface area (Å²) < 4.78 is 10.6. The van der Waals surface area contributed by atoms with E-state index in [9.17, 15) is 0 Å². The van der Waals surface area contributed by atoms with Crippen LogP contribution in [0.4, 0.5) is 23.0 Å². The normalized spacial score (nSPS) is 10.3. The second-order valence-corrected chi connectivity index (χ2v) is 6.03. The number of nitrogens with zero attached hydrogens (tertiary/aromatic N) is 2. The van der Waals surface area contributed by atoms with Gasteiger partial charge in [0.1, 0.15) is 23.5 Å². The maximum absolute atomic E-state index is 6.23. The van der Waals surface area contributed by atoms with Crippen molar-refractivity contribution in [3.8, 4) is 11.5 Å². The Morgan fingerprint density at radius 1 is 1.04 bits per heavy atom. The Labute approximate surface area is 162 Å². The molecule has 0 saturated heterocycles. The molecule has 3 aromatic rings. The first kappa shape index (κ1) is 18.6. The summed E-state index contributed by atoms with van der Waals surface area (Å²) in [5, 5.41) is 7.04. The largest absolute Gasteiger partial charge is 0.497 e. The van der Waals surface area contributed by atoms with Gasteiger partial charge in [0.15, 0.2) is 11.6 Å². The molecule has 0 aliphatic carbocycles. The lowest BCUT2D eigenvalue weighted by molar-refractivity contribution is 0.395. The molecule has 0 radical (unpaired) electrons. The molecule has 0 fully saturated rings. The maximum atomic E-state index is 6.23. The van der Waals surface area contributed by atoms with Gasteiger partial charge in [0, 0.05) is 17.6 Å². The summed E-state index contributed by atoms with van der Waals surface area (Å²) in [6, 6.07) is 13.0. The van der Waals surface area contributed by atoms with Gasteiger partial charge < -0.3 is 25.8 Å². The zero-order chi connectivity index (χ0) is 19.2. The summed E-state index contributed by atoms with van der Waals surface area (Å²) in [7, 11) is 3.18. The fourth-order valence-electron chi connectivity index (χ4n) is 2.49. The molecule has 0 spiro atoms. The van der Waals surface area contributed by atoms with Crippen molar-refractivity contribution in [2.24, 2.45) is 0 Å². The summed E-state index contributed by atoms with van der Waals surface area (Å²) in [5.41, 5.74) is 8.28. The molecule has 3 rings (SSSR count). The fourth-order valence-corrected chi connectivity index (χ4v) is 2.69. The number of nitrogen functional groups attached to an aromatic ring is 1. The highest BCUT2D eigenvalue weighted by atomic mass is 35.5. The van der Waals surface area contributed by atoms with E-state index in [4.69, 9.17) is 26.8 Å². The van der Waals surface area contributed by atoms with Gasteiger partial charge in [0.2, 0.25) is 0 Å². The number of hydrogen-bond donors (Lipinski definition) is 3. The van der Waals surface area contributed by atoms with Gasteiger partial charge in [-0.2, -0.15) is 0 Å². The first-order valence-electron chi connectivity index (χ1n) is 8.19. The molecule has 4 N–H and O–H groups in total. The quantitative estimate of drug-likeness (QED) is 0.564. The van der Waals surface area contributed by atoms with Crippen LogP contribution in [0.3, 0.4) is 0 Å². The Morgan fingerprint density at radius 2 is 1.81 bits per heavy atom. The Balaban J connectivity index is 1.80. The number of benzene rings is 2. The zero-order valence-electron chi connectivity index (χ0n) is 15.0. The van der Waals surface area contributed by atoms with Crippen molar-refractivity contribution < 1.29 is 9.47 Å². The molecular weight excluding hydrogens is 366 g/mol. The lowest BCUT2D eigenvalue weighted by Gasteiger charge is -2.15. The summed E-state index contributed by atoms with van der Waals surface area (Å²) in [5.74, 6) is 2.28. The van der Waals surface area contributed by atoms with Crippen LogP contribution < -0.4 is 25.8 Å². The Bertz CT molecular complexity index is 936. The van der Waals surface area contributed by atoms with Gasteiger partial charge in [-0.1, -0.05) is 29.8 Å². The molecule has 0 atom stereocenters. The number of anilines is 4. The SMILES string of the molecule is COc1ccc(Nc2ncnc(NCc3ccccc3Cl)c2N)c(OC)c1. The number of halogens is 1. The van der Waals surface area contributed by atoms with Crippen LogP contribution in [0.5, 0.6) is 11.5 Å². The van der Waals surface area contributed by atoms with Crippen LogP contribution in [0.15, 0.2) is 48.8 Å². The van der Waals surface area contributed by atoms with Gasteiger partial charge in [0.25, 0.3) is 0 Å². The van der Waals surface area contributed by atoms with E-state index >= 15 is 0 Å². The van der Waals surface area contributed by atoms with E-state index < -0.39 is 0 Å². The van der Waals surface area contributed by atoms with E-state index in [1.165, 1.54) is 6.33 Å². The van der Waals surface area contributed by atoms with Crippen molar-refractivity contribution in [2.45, 2.75) is 6.54 Å². The minimum atomic E-state index is 0.391. The molecule has 0 aliphatic rings. The highest BCUT2D eigenvalue weighted by molar-refractivity contribution is 6.31.